The smallest absolute Gasteiger partial charge is 0.306 e. The zero-order valence-electron chi connectivity index (χ0n) is 13.3. The number of nitrogens with one attached hydrogen (secondary N) is 1. The van der Waals surface area contributed by atoms with Crippen molar-refractivity contribution in [1.29, 1.82) is 0 Å². The summed E-state index contributed by atoms with van der Waals surface area (Å²) in [5.41, 5.74) is 0.0865. The molecule has 1 fully saturated rings. The van der Waals surface area contributed by atoms with Gasteiger partial charge in [-0.15, -0.1) is 0 Å². The third kappa shape index (κ3) is 8.31. The van der Waals surface area contributed by atoms with Crippen LogP contribution in [0.4, 0.5) is 0 Å². The van der Waals surface area contributed by atoms with Gasteiger partial charge in [-0.05, 0) is 44.3 Å². The van der Waals surface area contributed by atoms with Crippen LogP contribution in [0.5, 0.6) is 0 Å². The Labute approximate surface area is 131 Å². The maximum absolute atomic E-state index is 11.7. The van der Waals surface area contributed by atoms with E-state index >= 15 is 0 Å². The highest BCUT2D eigenvalue weighted by Gasteiger charge is 2.44. The van der Waals surface area contributed by atoms with E-state index in [-0.39, 0.29) is 23.4 Å². The molecule has 1 rings (SSSR count). The molecule has 0 aromatic carbocycles. The van der Waals surface area contributed by atoms with E-state index in [0.29, 0.717) is 25.3 Å². The molecule has 122 valence electrons. The van der Waals surface area contributed by atoms with Crippen LogP contribution in [-0.2, 0) is 19.1 Å². The Morgan fingerprint density at radius 3 is 2.62 bits per heavy atom. The zero-order chi connectivity index (χ0) is 15.7. The first-order valence-electron chi connectivity index (χ1n) is 7.50. The maximum atomic E-state index is 11.7. The summed E-state index contributed by atoms with van der Waals surface area (Å²) in [6.07, 6.45) is 3.67. The number of carbonyl (C=O) groups excluding carboxylic acids is 2. The minimum atomic E-state index is -0.150. The Morgan fingerprint density at radius 1 is 1.33 bits per heavy atom. The molecule has 0 saturated heterocycles. The summed E-state index contributed by atoms with van der Waals surface area (Å²) < 4.78 is 10.1. The fourth-order valence-corrected chi connectivity index (χ4v) is 3.17. The highest BCUT2D eigenvalue weighted by molar-refractivity contribution is 7.99. The van der Waals surface area contributed by atoms with Crippen molar-refractivity contribution in [3.05, 3.63) is 0 Å². The van der Waals surface area contributed by atoms with E-state index in [1.807, 2.05) is 13.8 Å². The lowest BCUT2D eigenvalue weighted by atomic mass is 10.1. The molecule has 1 N–H and O–H groups in total. The Kier molecular flexibility index (Phi) is 8.11. The van der Waals surface area contributed by atoms with Crippen molar-refractivity contribution in [1.82, 2.24) is 5.32 Å². The minimum absolute atomic E-state index is 0.0541. The van der Waals surface area contributed by atoms with Crippen molar-refractivity contribution in [2.24, 2.45) is 5.41 Å². The minimum Gasteiger partial charge on any atom is -0.469 e. The predicted octanol–water partition coefficient (Wildman–Crippen LogP) is 1.99. The molecular formula is C15H27NO4S. The summed E-state index contributed by atoms with van der Waals surface area (Å²) in [5.74, 6) is 1.21. The zero-order valence-corrected chi connectivity index (χ0v) is 14.1. The van der Waals surface area contributed by atoms with Gasteiger partial charge < -0.3 is 14.8 Å². The largest absolute Gasteiger partial charge is 0.469 e. The molecule has 0 atom stereocenters. The first kappa shape index (κ1) is 18.3. The molecule has 1 amide bonds. The number of hydrogen-bond donors (Lipinski definition) is 1. The molecule has 0 spiro atoms. The Balaban J connectivity index is 2.02. The molecule has 0 unspecified atom stereocenters. The first-order valence-corrected chi connectivity index (χ1v) is 8.66. The number of amides is 1. The number of hydrogen-bond acceptors (Lipinski definition) is 5. The van der Waals surface area contributed by atoms with Crippen LogP contribution in [0.25, 0.3) is 0 Å². The van der Waals surface area contributed by atoms with Gasteiger partial charge in [0.1, 0.15) is 0 Å². The summed E-state index contributed by atoms with van der Waals surface area (Å²) in [7, 11) is 1.42. The monoisotopic (exact) mass is 317 g/mol. The van der Waals surface area contributed by atoms with Gasteiger partial charge in [0.2, 0.25) is 5.91 Å². The van der Waals surface area contributed by atoms with E-state index in [0.717, 1.165) is 25.0 Å². The molecule has 0 radical (unpaired) electrons. The first-order chi connectivity index (χ1) is 9.97. The van der Waals surface area contributed by atoms with Gasteiger partial charge in [-0.25, -0.2) is 0 Å². The van der Waals surface area contributed by atoms with E-state index < -0.39 is 0 Å². The summed E-state index contributed by atoms with van der Waals surface area (Å²) in [5, 5.41) is 2.88. The second-order valence-corrected chi connectivity index (χ2v) is 6.85. The fraction of sp³-hybridized carbons (Fsp3) is 0.867. The molecule has 1 aliphatic rings. The summed E-state index contributed by atoms with van der Waals surface area (Å²) in [6, 6.07) is 0. The average molecular weight is 317 g/mol. The second-order valence-electron chi connectivity index (χ2n) is 5.87. The molecule has 21 heavy (non-hydrogen) atoms. The number of ether oxygens (including phenoxy) is 2. The number of rotatable bonds is 11. The summed E-state index contributed by atoms with van der Waals surface area (Å²) in [6.45, 7) is 5.32. The van der Waals surface area contributed by atoms with Gasteiger partial charge in [0.25, 0.3) is 0 Å². The lowest BCUT2D eigenvalue weighted by Crippen LogP contribution is -2.27. The standard InChI is InChI=1S/C15H27NO4S/c1-12(2)20-8-4-7-16-13(17)10-21-11-15(5-6-15)9-14(18)19-3/h12H,4-11H2,1-3H3,(H,16,17). The molecule has 0 aromatic heterocycles. The van der Waals surface area contributed by atoms with Gasteiger partial charge in [-0.1, -0.05) is 0 Å². The maximum Gasteiger partial charge on any atom is 0.306 e. The average Bonchev–Trinajstić information content (AvgIpc) is 3.17. The van der Waals surface area contributed by atoms with Crippen LogP contribution in [0.2, 0.25) is 0 Å². The molecule has 0 aromatic rings. The van der Waals surface area contributed by atoms with Gasteiger partial charge in [-0.2, -0.15) is 11.8 Å². The highest BCUT2D eigenvalue weighted by atomic mass is 32.2. The van der Waals surface area contributed by atoms with Crippen molar-refractivity contribution in [2.45, 2.75) is 45.6 Å². The van der Waals surface area contributed by atoms with Crippen LogP contribution in [0, 0.1) is 5.41 Å². The number of methoxy groups -OCH3 is 1. The van der Waals surface area contributed by atoms with Crippen LogP contribution < -0.4 is 5.32 Å². The van der Waals surface area contributed by atoms with E-state index in [1.165, 1.54) is 7.11 Å². The van der Waals surface area contributed by atoms with Gasteiger partial charge >= 0.3 is 5.97 Å². The van der Waals surface area contributed by atoms with Gasteiger partial charge in [0, 0.05) is 13.2 Å². The lowest BCUT2D eigenvalue weighted by molar-refractivity contribution is -0.141. The van der Waals surface area contributed by atoms with Crippen molar-refractivity contribution in [2.75, 3.05) is 31.8 Å². The van der Waals surface area contributed by atoms with Gasteiger partial charge in [-0.3, -0.25) is 9.59 Å². The lowest BCUT2D eigenvalue weighted by Gasteiger charge is -2.13. The van der Waals surface area contributed by atoms with E-state index in [1.54, 1.807) is 11.8 Å². The fourth-order valence-electron chi connectivity index (χ4n) is 1.96. The van der Waals surface area contributed by atoms with Crippen LogP contribution in [0.3, 0.4) is 0 Å². The molecule has 6 heteroatoms. The molecular weight excluding hydrogens is 290 g/mol. The van der Waals surface area contributed by atoms with Crippen molar-refractivity contribution in [3.63, 3.8) is 0 Å². The molecule has 5 nitrogen and oxygen atoms in total. The number of carbonyl (C=O) groups is 2. The Bertz CT molecular complexity index is 343. The molecule has 0 heterocycles. The van der Waals surface area contributed by atoms with Crippen LogP contribution in [0.1, 0.15) is 39.5 Å². The Morgan fingerprint density at radius 2 is 2.05 bits per heavy atom. The van der Waals surface area contributed by atoms with Crippen LogP contribution >= 0.6 is 11.8 Å². The topological polar surface area (TPSA) is 64.6 Å². The summed E-state index contributed by atoms with van der Waals surface area (Å²) >= 11 is 1.60. The van der Waals surface area contributed by atoms with E-state index in [2.05, 4.69) is 5.32 Å². The predicted molar refractivity (Wildman–Crippen MR) is 84.3 cm³/mol. The van der Waals surface area contributed by atoms with Crippen LogP contribution in [0.15, 0.2) is 0 Å². The number of thioether (sulfide) groups is 1. The summed E-state index contributed by atoms with van der Waals surface area (Å²) in [4.78, 5) is 23.0. The second kappa shape index (κ2) is 9.30. The highest BCUT2D eigenvalue weighted by Crippen LogP contribution is 2.51. The molecule has 1 aliphatic carbocycles. The Hall–Kier alpha value is -0.750. The molecule has 0 bridgehead atoms. The van der Waals surface area contributed by atoms with Crippen molar-refractivity contribution >= 4 is 23.6 Å². The third-order valence-corrected chi connectivity index (χ3v) is 4.72. The normalized spacial score (nSPS) is 15.8. The van der Waals surface area contributed by atoms with Crippen molar-refractivity contribution in [3.8, 4) is 0 Å². The molecule has 0 aliphatic heterocycles. The van der Waals surface area contributed by atoms with Gasteiger partial charge in [0.15, 0.2) is 0 Å². The quantitative estimate of drug-likeness (QED) is 0.466. The number of esters is 1. The van der Waals surface area contributed by atoms with E-state index in [9.17, 15) is 9.59 Å². The van der Waals surface area contributed by atoms with Crippen LogP contribution in [-0.4, -0.2) is 49.7 Å². The SMILES string of the molecule is COC(=O)CC1(CSCC(=O)NCCCOC(C)C)CC1. The molecule has 1 saturated carbocycles. The van der Waals surface area contributed by atoms with E-state index in [4.69, 9.17) is 9.47 Å². The van der Waals surface area contributed by atoms with Crippen molar-refractivity contribution < 1.29 is 19.1 Å². The van der Waals surface area contributed by atoms with Gasteiger partial charge in [0.05, 0.1) is 25.4 Å². The third-order valence-electron chi connectivity index (χ3n) is 3.44.